The van der Waals surface area contributed by atoms with Gasteiger partial charge in [0.1, 0.15) is 11.4 Å². The van der Waals surface area contributed by atoms with E-state index in [-0.39, 0.29) is 42.9 Å². The zero-order valence-corrected chi connectivity index (χ0v) is 36.9. The first-order valence-corrected chi connectivity index (χ1v) is 22.0. The van der Waals surface area contributed by atoms with Crippen molar-refractivity contribution in [3.63, 3.8) is 0 Å². The van der Waals surface area contributed by atoms with Gasteiger partial charge in [-0.05, 0) is 119 Å². The number of hydrogen-bond donors (Lipinski definition) is 2. The van der Waals surface area contributed by atoms with E-state index in [1.165, 1.54) is 6.07 Å². The molecule has 7 rings (SSSR count). The highest BCUT2D eigenvalue weighted by molar-refractivity contribution is 6.00. The summed E-state index contributed by atoms with van der Waals surface area (Å²) in [4.78, 5) is 48.4. The van der Waals surface area contributed by atoms with Gasteiger partial charge in [-0.3, -0.25) is 9.59 Å². The van der Waals surface area contributed by atoms with Gasteiger partial charge in [0.05, 0.1) is 17.3 Å². The third-order valence-corrected chi connectivity index (χ3v) is 11.8. The summed E-state index contributed by atoms with van der Waals surface area (Å²) in [6, 6.07) is 19.9. The van der Waals surface area contributed by atoms with E-state index in [1.54, 1.807) is 53.2 Å². The van der Waals surface area contributed by atoms with Crippen LogP contribution in [0, 0.1) is 11.7 Å². The van der Waals surface area contributed by atoms with Gasteiger partial charge in [0.15, 0.2) is 5.65 Å². The number of anilines is 1. The number of aromatic nitrogens is 3. The fourth-order valence-electron chi connectivity index (χ4n) is 8.47. The Morgan fingerprint density at radius 3 is 2.40 bits per heavy atom. The van der Waals surface area contributed by atoms with E-state index in [2.05, 4.69) is 28.7 Å². The SMILES string of the molecule is CCc1nc2c(cnn2CC)c(NC2CCOCC2)c1CNC(=O)c1cccc(C(=O)N(C)Cc2ccc(F)c(-c3cccc(CC4CCN(C(=O)OC(C)(C)C)CC4)c3)c2)c1. The van der Waals surface area contributed by atoms with Gasteiger partial charge < -0.3 is 29.9 Å². The van der Waals surface area contributed by atoms with Crippen molar-refractivity contribution in [1.29, 1.82) is 0 Å². The number of aryl methyl sites for hydroxylation is 2. The molecule has 2 aromatic heterocycles. The number of carbonyl (C=O) groups excluding carboxylic acids is 3. The molecule has 2 aliphatic heterocycles. The quantitative estimate of drug-likeness (QED) is 0.120. The van der Waals surface area contributed by atoms with Crippen LogP contribution in [0.15, 0.2) is 72.9 Å². The van der Waals surface area contributed by atoms with Crippen LogP contribution in [0.3, 0.4) is 0 Å². The van der Waals surface area contributed by atoms with Gasteiger partial charge >= 0.3 is 6.09 Å². The van der Waals surface area contributed by atoms with Crippen molar-refractivity contribution in [1.82, 2.24) is 29.9 Å². The third kappa shape index (κ3) is 10.6. The van der Waals surface area contributed by atoms with Gasteiger partial charge in [-0.15, -0.1) is 0 Å². The van der Waals surface area contributed by atoms with Crippen molar-refractivity contribution in [3.8, 4) is 11.1 Å². The van der Waals surface area contributed by atoms with E-state index in [0.717, 1.165) is 76.8 Å². The first kappa shape index (κ1) is 44.2. The molecular weight excluding hydrogens is 786 g/mol. The fourth-order valence-corrected chi connectivity index (χ4v) is 8.47. The highest BCUT2D eigenvalue weighted by Crippen LogP contribution is 2.32. The summed E-state index contributed by atoms with van der Waals surface area (Å²) in [5, 5.41) is 12.4. The number of benzene rings is 3. The second-order valence-electron chi connectivity index (χ2n) is 17.5. The number of ether oxygens (including phenoxy) is 2. The van der Waals surface area contributed by atoms with Crippen molar-refractivity contribution in [3.05, 3.63) is 112 Å². The molecule has 0 spiro atoms. The molecule has 0 unspecified atom stereocenters. The number of halogens is 1. The maximum absolute atomic E-state index is 15.4. The molecule has 12 nitrogen and oxygen atoms in total. The molecule has 2 N–H and O–H groups in total. The van der Waals surface area contributed by atoms with E-state index in [1.807, 2.05) is 56.8 Å². The van der Waals surface area contributed by atoms with Gasteiger partial charge in [0.2, 0.25) is 0 Å². The van der Waals surface area contributed by atoms with Crippen LogP contribution in [-0.4, -0.2) is 87.5 Å². The molecule has 4 heterocycles. The van der Waals surface area contributed by atoms with Crippen molar-refractivity contribution < 1.29 is 28.2 Å². The molecule has 5 aromatic rings. The summed E-state index contributed by atoms with van der Waals surface area (Å²) < 4.78 is 28.5. The monoisotopic (exact) mass is 845 g/mol. The molecule has 2 fully saturated rings. The van der Waals surface area contributed by atoms with Gasteiger partial charge in [-0.25, -0.2) is 18.9 Å². The molecule has 0 bridgehead atoms. The van der Waals surface area contributed by atoms with E-state index >= 15 is 4.39 Å². The Kier molecular flexibility index (Phi) is 13.9. The van der Waals surface area contributed by atoms with Gasteiger partial charge in [0, 0.05) is 87.0 Å². The average Bonchev–Trinajstić information content (AvgIpc) is 3.69. The van der Waals surface area contributed by atoms with Crippen LogP contribution in [0.2, 0.25) is 0 Å². The second kappa shape index (κ2) is 19.5. The zero-order valence-electron chi connectivity index (χ0n) is 36.9. The van der Waals surface area contributed by atoms with Crippen LogP contribution in [0.5, 0.6) is 0 Å². The van der Waals surface area contributed by atoms with Gasteiger partial charge in [-0.2, -0.15) is 5.10 Å². The van der Waals surface area contributed by atoms with E-state index in [4.69, 9.17) is 14.5 Å². The number of hydrogen-bond acceptors (Lipinski definition) is 8. The van der Waals surface area contributed by atoms with Crippen LogP contribution in [0.1, 0.15) is 103 Å². The average molecular weight is 846 g/mol. The minimum Gasteiger partial charge on any atom is -0.444 e. The maximum Gasteiger partial charge on any atom is 0.410 e. The summed E-state index contributed by atoms with van der Waals surface area (Å²) in [5.74, 6) is -0.500. The Hall–Kier alpha value is -5.82. The maximum atomic E-state index is 15.4. The minimum atomic E-state index is -0.526. The molecule has 62 heavy (non-hydrogen) atoms. The van der Waals surface area contributed by atoms with Gasteiger partial charge in [0.25, 0.3) is 11.8 Å². The van der Waals surface area contributed by atoms with Crippen LogP contribution in [0.25, 0.3) is 22.2 Å². The van der Waals surface area contributed by atoms with Crippen molar-refractivity contribution in [2.45, 2.75) is 104 Å². The second-order valence-corrected chi connectivity index (χ2v) is 17.5. The summed E-state index contributed by atoms with van der Waals surface area (Å²) in [6.45, 7) is 13.6. The van der Waals surface area contributed by atoms with Crippen LogP contribution in [-0.2, 0) is 41.9 Å². The molecule has 3 aromatic carbocycles. The first-order chi connectivity index (χ1) is 29.8. The Bertz CT molecular complexity index is 2390. The molecule has 3 amide bonds. The van der Waals surface area contributed by atoms with Crippen LogP contribution < -0.4 is 10.6 Å². The topological polar surface area (TPSA) is 131 Å². The van der Waals surface area contributed by atoms with Crippen molar-refractivity contribution in [2.75, 3.05) is 38.7 Å². The number of fused-ring (bicyclic) bond motifs is 1. The Morgan fingerprint density at radius 2 is 1.68 bits per heavy atom. The standard InChI is InChI=1S/C49H60FN7O5/c1-7-43-40(44(53-38-19-23-61-24-20-38)41-30-52-57(8-2)45(41)54-43)29-51-46(58)36-13-10-14-37(28-36)47(59)55(6)31-34-15-16-42(50)39(27-34)35-12-9-11-33(26-35)25-32-17-21-56(22-18-32)48(60)62-49(3,4)5/h9-16,26-28,30,32,38H,7-8,17-25,29,31H2,1-6H3,(H,51,58)(H,53,54). The molecule has 0 saturated carbocycles. The van der Waals surface area contributed by atoms with Crippen LogP contribution in [0.4, 0.5) is 14.9 Å². The summed E-state index contributed by atoms with van der Waals surface area (Å²) in [6.07, 6.45) is 6.59. The number of pyridine rings is 1. The molecule has 0 atom stereocenters. The molecule has 0 aliphatic carbocycles. The smallest absolute Gasteiger partial charge is 0.410 e. The summed E-state index contributed by atoms with van der Waals surface area (Å²) >= 11 is 0. The number of likely N-dealkylation sites (tertiary alicyclic amines) is 1. The van der Waals surface area contributed by atoms with Crippen molar-refractivity contribution >= 4 is 34.6 Å². The molecule has 0 radical (unpaired) electrons. The van der Waals surface area contributed by atoms with Gasteiger partial charge in [-0.1, -0.05) is 43.3 Å². The first-order valence-electron chi connectivity index (χ1n) is 22.0. The Labute approximate surface area is 364 Å². The zero-order chi connectivity index (χ0) is 44.0. The van der Waals surface area contributed by atoms with E-state index in [9.17, 15) is 14.4 Å². The largest absolute Gasteiger partial charge is 0.444 e. The normalized spacial score (nSPS) is 15.1. The number of rotatable bonds is 13. The fraction of sp³-hybridized carbons (Fsp3) is 0.449. The number of nitrogens with one attached hydrogen (secondary N) is 2. The lowest BCUT2D eigenvalue weighted by Crippen LogP contribution is -2.42. The van der Waals surface area contributed by atoms with E-state index < -0.39 is 5.60 Å². The molecular formula is C49H60FN7O5. The summed E-state index contributed by atoms with van der Waals surface area (Å²) in [5.41, 5.74) is 6.90. The predicted molar refractivity (Wildman–Crippen MR) is 240 cm³/mol. The highest BCUT2D eigenvalue weighted by Gasteiger charge is 2.28. The number of nitrogens with zero attached hydrogens (tertiary/aromatic N) is 5. The molecule has 2 saturated heterocycles. The van der Waals surface area contributed by atoms with Crippen molar-refractivity contribution in [2.24, 2.45) is 5.92 Å². The molecule has 2 aliphatic rings. The highest BCUT2D eigenvalue weighted by atomic mass is 19.1. The Balaban J connectivity index is 0.996. The summed E-state index contributed by atoms with van der Waals surface area (Å²) in [7, 11) is 1.70. The number of carbonyl (C=O) groups is 3. The number of piperidine rings is 1. The lowest BCUT2D eigenvalue weighted by Gasteiger charge is -2.33. The lowest BCUT2D eigenvalue weighted by molar-refractivity contribution is 0.0184. The molecule has 328 valence electrons. The van der Waals surface area contributed by atoms with Crippen LogP contribution >= 0.6 is 0 Å². The predicted octanol–water partition coefficient (Wildman–Crippen LogP) is 8.80. The lowest BCUT2D eigenvalue weighted by atomic mass is 9.89. The van der Waals surface area contributed by atoms with E-state index in [0.29, 0.717) is 61.9 Å². The molecule has 13 heteroatoms. The Morgan fingerprint density at radius 1 is 0.935 bits per heavy atom. The minimum absolute atomic E-state index is 0.227. The third-order valence-electron chi connectivity index (χ3n) is 11.8. The number of amides is 3.